The smallest absolute Gasteiger partial charge is 0.223 e. The summed E-state index contributed by atoms with van der Waals surface area (Å²) in [5.74, 6) is 1.98. The van der Waals surface area contributed by atoms with Gasteiger partial charge in [0.05, 0.1) is 18.0 Å². The lowest BCUT2D eigenvalue weighted by atomic mass is 10.2. The molecule has 0 aliphatic carbocycles. The SMILES string of the molecule is CCCOc1cccc(NCCc2noc(C)n2)c1N. The third-order valence-electron chi connectivity index (χ3n) is 2.76. The Morgan fingerprint density at radius 3 is 2.95 bits per heavy atom. The number of anilines is 2. The van der Waals surface area contributed by atoms with E-state index in [1.807, 2.05) is 18.2 Å². The normalized spacial score (nSPS) is 10.5. The molecule has 0 aliphatic heterocycles. The summed E-state index contributed by atoms with van der Waals surface area (Å²) >= 11 is 0. The van der Waals surface area contributed by atoms with Gasteiger partial charge in [0.25, 0.3) is 0 Å². The standard InChI is InChI=1S/C14H20N4O2/c1-3-9-19-12-6-4-5-11(14(12)15)16-8-7-13-17-10(2)20-18-13/h4-6,16H,3,7-9,15H2,1-2H3. The quantitative estimate of drug-likeness (QED) is 0.755. The number of nitrogens with one attached hydrogen (secondary N) is 1. The van der Waals surface area contributed by atoms with Crippen LogP contribution in [0.3, 0.4) is 0 Å². The molecule has 0 saturated heterocycles. The lowest BCUT2D eigenvalue weighted by Gasteiger charge is -2.13. The number of ether oxygens (including phenoxy) is 1. The van der Waals surface area contributed by atoms with E-state index in [4.69, 9.17) is 15.0 Å². The molecule has 0 amide bonds. The number of rotatable bonds is 7. The minimum atomic E-state index is 0.578. The van der Waals surface area contributed by atoms with Crippen LogP contribution in [0.5, 0.6) is 5.75 Å². The summed E-state index contributed by atoms with van der Waals surface area (Å²) in [5, 5.41) is 7.11. The maximum Gasteiger partial charge on any atom is 0.223 e. The lowest BCUT2D eigenvalue weighted by molar-refractivity contribution is 0.319. The molecule has 1 aromatic carbocycles. The van der Waals surface area contributed by atoms with Gasteiger partial charge >= 0.3 is 0 Å². The number of para-hydroxylation sites is 1. The maximum atomic E-state index is 6.07. The maximum absolute atomic E-state index is 6.07. The Hall–Kier alpha value is -2.24. The Morgan fingerprint density at radius 2 is 2.25 bits per heavy atom. The van der Waals surface area contributed by atoms with Crippen LogP contribution >= 0.6 is 0 Å². The molecule has 2 aromatic rings. The van der Waals surface area contributed by atoms with Crippen molar-refractivity contribution in [2.75, 3.05) is 24.2 Å². The summed E-state index contributed by atoms with van der Waals surface area (Å²) in [6.45, 7) is 5.18. The van der Waals surface area contributed by atoms with Crippen LogP contribution in [0.4, 0.5) is 11.4 Å². The fourth-order valence-electron chi connectivity index (χ4n) is 1.79. The van der Waals surface area contributed by atoms with Gasteiger partial charge in [-0.1, -0.05) is 18.1 Å². The van der Waals surface area contributed by atoms with Gasteiger partial charge in [0.1, 0.15) is 5.75 Å². The first-order valence-electron chi connectivity index (χ1n) is 6.75. The van der Waals surface area contributed by atoms with Gasteiger partial charge in [-0.2, -0.15) is 4.98 Å². The van der Waals surface area contributed by atoms with Crippen molar-refractivity contribution in [1.82, 2.24) is 10.1 Å². The van der Waals surface area contributed by atoms with Gasteiger partial charge < -0.3 is 20.3 Å². The highest BCUT2D eigenvalue weighted by Gasteiger charge is 2.06. The van der Waals surface area contributed by atoms with E-state index in [0.717, 1.165) is 12.1 Å². The molecule has 108 valence electrons. The number of hydrogen-bond acceptors (Lipinski definition) is 6. The number of nitrogen functional groups attached to an aromatic ring is 1. The van der Waals surface area contributed by atoms with E-state index in [-0.39, 0.29) is 0 Å². The van der Waals surface area contributed by atoms with Crippen LogP contribution < -0.4 is 15.8 Å². The molecule has 20 heavy (non-hydrogen) atoms. The Balaban J connectivity index is 1.92. The van der Waals surface area contributed by atoms with Crippen molar-refractivity contribution in [1.29, 1.82) is 0 Å². The molecule has 2 rings (SSSR count). The number of aryl methyl sites for hydroxylation is 1. The molecule has 0 unspecified atom stereocenters. The average Bonchev–Trinajstić information content (AvgIpc) is 2.85. The molecule has 0 atom stereocenters. The lowest BCUT2D eigenvalue weighted by Crippen LogP contribution is -2.09. The molecule has 0 spiro atoms. The van der Waals surface area contributed by atoms with E-state index < -0.39 is 0 Å². The number of benzene rings is 1. The van der Waals surface area contributed by atoms with E-state index >= 15 is 0 Å². The molecule has 1 heterocycles. The fraction of sp³-hybridized carbons (Fsp3) is 0.429. The summed E-state index contributed by atoms with van der Waals surface area (Å²) in [7, 11) is 0. The van der Waals surface area contributed by atoms with E-state index in [1.165, 1.54) is 0 Å². The van der Waals surface area contributed by atoms with Crippen LogP contribution in [0, 0.1) is 6.92 Å². The first-order chi connectivity index (χ1) is 9.70. The Kier molecular flexibility index (Phi) is 4.81. The van der Waals surface area contributed by atoms with Crippen LogP contribution in [-0.4, -0.2) is 23.3 Å². The number of nitrogens with two attached hydrogens (primary N) is 1. The van der Waals surface area contributed by atoms with Crippen molar-refractivity contribution in [3.05, 3.63) is 29.9 Å². The Morgan fingerprint density at radius 1 is 1.40 bits per heavy atom. The minimum absolute atomic E-state index is 0.578. The predicted octanol–water partition coefficient (Wildman–Crippen LogP) is 2.40. The minimum Gasteiger partial charge on any atom is -0.491 e. The van der Waals surface area contributed by atoms with Crippen molar-refractivity contribution in [3.63, 3.8) is 0 Å². The van der Waals surface area contributed by atoms with Crippen LogP contribution in [0.2, 0.25) is 0 Å². The molecule has 0 bridgehead atoms. The van der Waals surface area contributed by atoms with Crippen LogP contribution in [-0.2, 0) is 6.42 Å². The van der Waals surface area contributed by atoms with Crippen molar-refractivity contribution in [2.24, 2.45) is 0 Å². The first kappa shape index (κ1) is 14.2. The van der Waals surface area contributed by atoms with Gasteiger partial charge in [-0.3, -0.25) is 0 Å². The summed E-state index contributed by atoms with van der Waals surface area (Å²) in [5.41, 5.74) is 7.56. The van der Waals surface area contributed by atoms with Crippen LogP contribution in [0.25, 0.3) is 0 Å². The molecular weight excluding hydrogens is 256 g/mol. The number of hydrogen-bond donors (Lipinski definition) is 2. The molecule has 3 N–H and O–H groups in total. The molecule has 0 fully saturated rings. The van der Waals surface area contributed by atoms with Gasteiger partial charge in [0.2, 0.25) is 5.89 Å². The van der Waals surface area contributed by atoms with Gasteiger partial charge in [0, 0.05) is 19.9 Å². The van der Waals surface area contributed by atoms with Crippen molar-refractivity contribution < 1.29 is 9.26 Å². The fourth-order valence-corrected chi connectivity index (χ4v) is 1.79. The third kappa shape index (κ3) is 3.63. The van der Waals surface area contributed by atoms with Crippen molar-refractivity contribution in [3.8, 4) is 5.75 Å². The topological polar surface area (TPSA) is 86.2 Å². The molecule has 1 aromatic heterocycles. The first-order valence-corrected chi connectivity index (χ1v) is 6.75. The number of nitrogens with zero attached hydrogens (tertiary/aromatic N) is 2. The monoisotopic (exact) mass is 276 g/mol. The van der Waals surface area contributed by atoms with Gasteiger partial charge in [-0.25, -0.2) is 0 Å². The Bertz CT molecular complexity index is 554. The summed E-state index contributed by atoms with van der Waals surface area (Å²) in [6.07, 6.45) is 1.63. The Labute approximate surface area is 118 Å². The summed E-state index contributed by atoms with van der Waals surface area (Å²) < 4.78 is 10.5. The number of aromatic nitrogens is 2. The van der Waals surface area contributed by atoms with Gasteiger partial charge in [0.15, 0.2) is 5.82 Å². The zero-order valence-corrected chi connectivity index (χ0v) is 11.8. The molecule has 6 nitrogen and oxygen atoms in total. The molecule has 6 heteroatoms. The van der Waals surface area contributed by atoms with Gasteiger partial charge in [-0.05, 0) is 18.6 Å². The predicted molar refractivity (Wildman–Crippen MR) is 77.9 cm³/mol. The molecular formula is C14H20N4O2. The van der Waals surface area contributed by atoms with E-state index in [1.54, 1.807) is 6.92 Å². The van der Waals surface area contributed by atoms with Crippen molar-refractivity contribution in [2.45, 2.75) is 26.7 Å². The molecule has 0 aliphatic rings. The highest BCUT2D eigenvalue weighted by atomic mass is 16.5. The second-order valence-electron chi connectivity index (χ2n) is 4.47. The van der Waals surface area contributed by atoms with Crippen molar-refractivity contribution >= 4 is 11.4 Å². The average molecular weight is 276 g/mol. The largest absolute Gasteiger partial charge is 0.491 e. The summed E-state index contributed by atoms with van der Waals surface area (Å²) in [6, 6.07) is 5.72. The third-order valence-corrected chi connectivity index (χ3v) is 2.76. The second kappa shape index (κ2) is 6.79. The zero-order valence-electron chi connectivity index (χ0n) is 11.8. The molecule has 0 radical (unpaired) electrons. The second-order valence-corrected chi connectivity index (χ2v) is 4.47. The zero-order chi connectivity index (χ0) is 14.4. The van der Waals surface area contributed by atoms with Gasteiger partial charge in [-0.15, -0.1) is 0 Å². The highest BCUT2D eigenvalue weighted by molar-refractivity contribution is 5.72. The summed E-state index contributed by atoms with van der Waals surface area (Å²) in [4.78, 5) is 4.15. The molecule has 0 saturated carbocycles. The highest BCUT2D eigenvalue weighted by Crippen LogP contribution is 2.29. The van der Waals surface area contributed by atoms with Crippen LogP contribution in [0.1, 0.15) is 25.1 Å². The van der Waals surface area contributed by atoms with E-state index in [0.29, 0.717) is 42.7 Å². The van der Waals surface area contributed by atoms with E-state index in [9.17, 15) is 0 Å². The van der Waals surface area contributed by atoms with Crippen LogP contribution in [0.15, 0.2) is 22.7 Å². The van der Waals surface area contributed by atoms with E-state index in [2.05, 4.69) is 22.4 Å².